The fourth-order valence-electron chi connectivity index (χ4n) is 4.01. The SMILES string of the molecule is Cc1ccc(C(=O)N2CC(C)CC(C)C2)cc1NC(=O)C1CCNC1. The predicted octanol–water partition coefficient (Wildman–Crippen LogP) is 2.66. The van der Waals surface area contributed by atoms with Gasteiger partial charge in [0, 0.05) is 30.9 Å². The maximum absolute atomic E-state index is 12.9. The molecule has 0 radical (unpaired) electrons. The Kier molecular flexibility index (Phi) is 5.42. The number of piperidine rings is 1. The number of hydrogen-bond donors (Lipinski definition) is 2. The molecule has 0 saturated carbocycles. The van der Waals surface area contributed by atoms with Crippen molar-refractivity contribution in [3.05, 3.63) is 29.3 Å². The monoisotopic (exact) mass is 343 g/mol. The lowest BCUT2D eigenvalue weighted by atomic mass is 9.91. The molecule has 3 rings (SSSR count). The van der Waals surface area contributed by atoms with Gasteiger partial charge in [-0.25, -0.2) is 0 Å². The van der Waals surface area contributed by atoms with Gasteiger partial charge in [0.05, 0.1) is 5.92 Å². The molecule has 136 valence electrons. The van der Waals surface area contributed by atoms with Crippen molar-refractivity contribution in [1.29, 1.82) is 0 Å². The summed E-state index contributed by atoms with van der Waals surface area (Å²) >= 11 is 0. The Balaban J connectivity index is 1.74. The van der Waals surface area contributed by atoms with Gasteiger partial charge in [0.15, 0.2) is 0 Å². The zero-order valence-electron chi connectivity index (χ0n) is 15.5. The van der Waals surface area contributed by atoms with Crippen LogP contribution in [-0.2, 0) is 4.79 Å². The van der Waals surface area contributed by atoms with Gasteiger partial charge in [0.25, 0.3) is 5.91 Å². The lowest BCUT2D eigenvalue weighted by Gasteiger charge is -2.35. The van der Waals surface area contributed by atoms with Crippen LogP contribution in [0.4, 0.5) is 5.69 Å². The second kappa shape index (κ2) is 7.56. The lowest BCUT2D eigenvalue weighted by Crippen LogP contribution is -2.42. The van der Waals surface area contributed by atoms with Crippen molar-refractivity contribution in [2.45, 2.75) is 33.6 Å². The Bertz CT molecular complexity index is 642. The molecule has 2 fully saturated rings. The van der Waals surface area contributed by atoms with Gasteiger partial charge in [-0.1, -0.05) is 19.9 Å². The summed E-state index contributed by atoms with van der Waals surface area (Å²) in [6.45, 7) is 9.60. The van der Waals surface area contributed by atoms with Crippen molar-refractivity contribution >= 4 is 17.5 Å². The number of amides is 2. The summed E-state index contributed by atoms with van der Waals surface area (Å²) in [5, 5.41) is 6.23. The predicted molar refractivity (Wildman–Crippen MR) is 99.6 cm³/mol. The molecule has 0 spiro atoms. The van der Waals surface area contributed by atoms with Crippen LogP contribution in [0, 0.1) is 24.7 Å². The van der Waals surface area contributed by atoms with Gasteiger partial charge in [-0.05, 0) is 55.8 Å². The third-order valence-corrected chi connectivity index (χ3v) is 5.33. The van der Waals surface area contributed by atoms with Crippen molar-refractivity contribution < 1.29 is 9.59 Å². The molecule has 1 aromatic rings. The highest BCUT2D eigenvalue weighted by molar-refractivity contribution is 5.98. The van der Waals surface area contributed by atoms with Crippen molar-refractivity contribution in [3.63, 3.8) is 0 Å². The number of carbonyl (C=O) groups is 2. The second-order valence-electron chi connectivity index (χ2n) is 7.86. The van der Waals surface area contributed by atoms with Crippen molar-refractivity contribution in [3.8, 4) is 0 Å². The maximum Gasteiger partial charge on any atom is 0.253 e. The third kappa shape index (κ3) is 4.21. The Hall–Kier alpha value is -1.88. The standard InChI is InChI=1S/C20H29N3O2/c1-13-8-14(2)12-23(11-13)20(25)16-5-4-15(3)18(9-16)22-19(24)17-6-7-21-10-17/h4-5,9,13-14,17,21H,6-8,10-12H2,1-3H3,(H,22,24). The summed E-state index contributed by atoms with van der Waals surface area (Å²) < 4.78 is 0. The summed E-state index contributed by atoms with van der Waals surface area (Å²) in [6.07, 6.45) is 2.04. The summed E-state index contributed by atoms with van der Waals surface area (Å²) in [5.41, 5.74) is 2.39. The summed E-state index contributed by atoms with van der Waals surface area (Å²) in [5.74, 6) is 1.19. The van der Waals surface area contributed by atoms with E-state index in [2.05, 4.69) is 24.5 Å². The number of nitrogens with zero attached hydrogens (tertiary/aromatic N) is 1. The molecule has 2 N–H and O–H groups in total. The largest absolute Gasteiger partial charge is 0.338 e. The number of likely N-dealkylation sites (tertiary alicyclic amines) is 1. The van der Waals surface area contributed by atoms with E-state index in [1.165, 1.54) is 6.42 Å². The second-order valence-corrected chi connectivity index (χ2v) is 7.86. The number of nitrogens with one attached hydrogen (secondary N) is 2. The molecule has 1 aromatic carbocycles. The van der Waals surface area contributed by atoms with Gasteiger partial charge in [-0.15, -0.1) is 0 Å². The van der Waals surface area contributed by atoms with Crippen LogP contribution in [0.15, 0.2) is 18.2 Å². The Labute approximate surface area is 150 Å². The van der Waals surface area contributed by atoms with Crippen molar-refractivity contribution in [2.75, 3.05) is 31.5 Å². The minimum atomic E-state index is 0.0163. The van der Waals surface area contributed by atoms with Gasteiger partial charge in [0.2, 0.25) is 5.91 Å². The van der Waals surface area contributed by atoms with Gasteiger partial charge >= 0.3 is 0 Å². The molecule has 5 heteroatoms. The van der Waals surface area contributed by atoms with Crippen LogP contribution < -0.4 is 10.6 Å². The fourth-order valence-corrected chi connectivity index (χ4v) is 4.01. The molecule has 3 unspecified atom stereocenters. The summed E-state index contributed by atoms with van der Waals surface area (Å²) in [6, 6.07) is 5.63. The molecule has 0 bridgehead atoms. The van der Waals surface area contributed by atoms with E-state index in [4.69, 9.17) is 0 Å². The Morgan fingerprint density at radius 2 is 1.92 bits per heavy atom. The molecule has 2 aliphatic rings. The third-order valence-electron chi connectivity index (χ3n) is 5.33. The molecule has 25 heavy (non-hydrogen) atoms. The quantitative estimate of drug-likeness (QED) is 0.887. The van der Waals surface area contributed by atoms with E-state index in [1.54, 1.807) is 0 Å². The summed E-state index contributed by atoms with van der Waals surface area (Å²) in [7, 11) is 0. The van der Waals surface area contributed by atoms with Crippen LogP contribution >= 0.6 is 0 Å². The first kappa shape index (κ1) is 17.9. The number of anilines is 1. The maximum atomic E-state index is 12.9. The molecule has 3 atom stereocenters. The average molecular weight is 343 g/mol. The van der Waals surface area contributed by atoms with Crippen LogP contribution in [0.1, 0.15) is 42.6 Å². The van der Waals surface area contributed by atoms with Crippen molar-refractivity contribution in [2.24, 2.45) is 17.8 Å². The van der Waals surface area contributed by atoms with E-state index in [1.807, 2.05) is 30.0 Å². The van der Waals surface area contributed by atoms with Crippen LogP contribution in [0.25, 0.3) is 0 Å². The first-order valence-electron chi connectivity index (χ1n) is 9.35. The zero-order valence-corrected chi connectivity index (χ0v) is 15.5. The molecule has 2 amide bonds. The van der Waals surface area contributed by atoms with E-state index in [0.717, 1.165) is 43.9 Å². The van der Waals surface area contributed by atoms with Gasteiger partial charge < -0.3 is 15.5 Å². The zero-order chi connectivity index (χ0) is 18.0. The van der Waals surface area contributed by atoms with Crippen LogP contribution in [0.2, 0.25) is 0 Å². The van der Waals surface area contributed by atoms with Crippen LogP contribution in [-0.4, -0.2) is 42.9 Å². The van der Waals surface area contributed by atoms with Gasteiger partial charge in [0.1, 0.15) is 0 Å². The molecule has 2 aliphatic heterocycles. The van der Waals surface area contributed by atoms with Crippen LogP contribution in [0.5, 0.6) is 0 Å². The van der Waals surface area contributed by atoms with Gasteiger partial charge in [-0.2, -0.15) is 0 Å². The van der Waals surface area contributed by atoms with Crippen molar-refractivity contribution in [1.82, 2.24) is 10.2 Å². The van der Waals surface area contributed by atoms with E-state index >= 15 is 0 Å². The van der Waals surface area contributed by atoms with E-state index < -0.39 is 0 Å². The highest BCUT2D eigenvalue weighted by Crippen LogP contribution is 2.25. The van der Waals surface area contributed by atoms with E-state index in [9.17, 15) is 9.59 Å². The van der Waals surface area contributed by atoms with E-state index in [-0.39, 0.29) is 17.7 Å². The summed E-state index contributed by atoms with van der Waals surface area (Å²) in [4.78, 5) is 27.2. The van der Waals surface area contributed by atoms with E-state index in [0.29, 0.717) is 17.4 Å². The minimum Gasteiger partial charge on any atom is -0.338 e. The normalized spacial score (nSPS) is 26.5. The van der Waals surface area contributed by atoms with Crippen LogP contribution in [0.3, 0.4) is 0 Å². The molecule has 2 heterocycles. The Morgan fingerprint density at radius 1 is 1.20 bits per heavy atom. The fraction of sp³-hybridized carbons (Fsp3) is 0.600. The lowest BCUT2D eigenvalue weighted by molar-refractivity contribution is -0.119. The smallest absolute Gasteiger partial charge is 0.253 e. The highest BCUT2D eigenvalue weighted by Gasteiger charge is 2.27. The molecule has 2 saturated heterocycles. The average Bonchev–Trinajstić information content (AvgIpc) is 3.10. The molecule has 0 aliphatic carbocycles. The molecular formula is C20H29N3O2. The molecule has 5 nitrogen and oxygen atoms in total. The first-order chi connectivity index (χ1) is 11.9. The Morgan fingerprint density at radius 3 is 2.56 bits per heavy atom. The number of aryl methyl sites for hydroxylation is 1. The minimum absolute atomic E-state index is 0.0163. The van der Waals surface area contributed by atoms with Gasteiger partial charge in [-0.3, -0.25) is 9.59 Å². The first-order valence-corrected chi connectivity index (χ1v) is 9.35. The number of benzene rings is 1. The molecular weight excluding hydrogens is 314 g/mol. The number of hydrogen-bond acceptors (Lipinski definition) is 3. The highest BCUT2D eigenvalue weighted by atomic mass is 16.2. The number of carbonyl (C=O) groups excluding carboxylic acids is 2. The topological polar surface area (TPSA) is 61.4 Å². The molecule has 0 aromatic heterocycles. The number of rotatable bonds is 3.